The predicted molar refractivity (Wildman–Crippen MR) is 98.1 cm³/mol. The number of benzene rings is 1. The van der Waals surface area contributed by atoms with Gasteiger partial charge in [0, 0.05) is 44.8 Å². The first-order valence-electron chi connectivity index (χ1n) is 8.62. The van der Waals surface area contributed by atoms with Crippen LogP contribution in [0.2, 0.25) is 0 Å². The van der Waals surface area contributed by atoms with Crippen LogP contribution in [0.3, 0.4) is 0 Å². The first kappa shape index (κ1) is 19.7. The van der Waals surface area contributed by atoms with E-state index in [-0.39, 0.29) is 24.2 Å². The van der Waals surface area contributed by atoms with E-state index in [2.05, 4.69) is 5.32 Å². The van der Waals surface area contributed by atoms with Crippen LogP contribution in [0.15, 0.2) is 24.3 Å². The Hall–Kier alpha value is -1.63. The van der Waals surface area contributed by atoms with Crippen LogP contribution in [-0.2, 0) is 9.53 Å². The fraction of sp³-hybridized carbons (Fsp3) is 0.556. The van der Waals surface area contributed by atoms with Crippen molar-refractivity contribution in [1.82, 2.24) is 15.1 Å². The number of rotatable bonds is 2. The Balaban J connectivity index is 0.00000225. The molecule has 6 nitrogen and oxygen atoms in total. The zero-order valence-corrected chi connectivity index (χ0v) is 15.4. The Labute approximate surface area is 154 Å². The highest BCUT2D eigenvalue weighted by Gasteiger charge is 2.29. The molecule has 7 heteroatoms. The van der Waals surface area contributed by atoms with Crippen LogP contribution < -0.4 is 5.32 Å². The number of halogens is 1. The molecular formula is C18H26ClN3O3. The van der Waals surface area contributed by atoms with Gasteiger partial charge in [0.2, 0.25) is 0 Å². The predicted octanol–water partition coefficient (Wildman–Crippen LogP) is 1.08. The fourth-order valence-electron chi connectivity index (χ4n) is 3.23. The number of morpholine rings is 1. The zero-order chi connectivity index (χ0) is 16.9. The van der Waals surface area contributed by atoms with Gasteiger partial charge in [0.1, 0.15) is 6.10 Å². The maximum atomic E-state index is 12.7. The van der Waals surface area contributed by atoms with Crippen molar-refractivity contribution >= 4 is 24.2 Å². The molecule has 0 radical (unpaired) electrons. The summed E-state index contributed by atoms with van der Waals surface area (Å²) in [5.74, 6) is 0.0793. The van der Waals surface area contributed by atoms with Crippen LogP contribution >= 0.6 is 12.4 Å². The van der Waals surface area contributed by atoms with Crippen molar-refractivity contribution in [2.24, 2.45) is 0 Å². The van der Waals surface area contributed by atoms with Crippen molar-refractivity contribution in [2.75, 3.05) is 45.9 Å². The van der Waals surface area contributed by atoms with E-state index in [9.17, 15) is 9.59 Å². The largest absolute Gasteiger partial charge is 0.366 e. The van der Waals surface area contributed by atoms with Crippen LogP contribution in [0.1, 0.15) is 22.3 Å². The van der Waals surface area contributed by atoms with Crippen molar-refractivity contribution in [1.29, 1.82) is 0 Å². The lowest BCUT2D eigenvalue weighted by molar-refractivity contribution is -0.145. The second kappa shape index (κ2) is 9.17. The minimum Gasteiger partial charge on any atom is -0.366 e. The summed E-state index contributed by atoms with van der Waals surface area (Å²) < 4.78 is 5.56. The minimum absolute atomic E-state index is 0. The highest BCUT2D eigenvalue weighted by Crippen LogP contribution is 2.12. The van der Waals surface area contributed by atoms with E-state index in [0.717, 1.165) is 24.1 Å². The van der Waals surface area contributed by atoms with Crippen molar-refractivity contribution in [3.63, 3.8) is 0 Å². The Morgan fingerprint density at radius 2 is 1.92 bits per heavy atom. The third kappa shape index (κ3) is 4.93. The van der Waals surface area contributed by atoms with Gasteiger partial charge in [0.15, 0.2) is 0 Å². The molecule has 0 spiro atoms. The van der Waals surface area contributed by atoms with E-state index in [0.29, 0.717) is 39.3 Å². The minimum atomic E-state index is -0.391. The molecule has 2 aliphatic heterocycles. The molecule has 2 aliphatic rings. The molecule has 1 aromatic carbocycles. The van der Waals surface area contributed by atoms with Crippen LogP contribution in [-0.4, -0.2) is 73.6 Å². The van der Waals surface area contributed by atoms with Crippen LogP contribution in [0, 0.1) is 6.92 Å². The van der Waals surface area contributed by atoms with Crippen LogP contribution in [0.25, 0.3) is 0 Å². The highest BCUT2D eigenvalue weighted by molar-refractivity contribution is 5.94. The van der Waals surface area contributed by atoms with Crippen molar-refractivity contribution in [3.8, 4) is 0 Å². The van der Waals surface area contributed by atoms with Gasteiger partial charge in [-0.1, -0.05) is 17.7 Å². The number of ether oxygens (including phenoxy) is 1. The summed E-state index contributed by atoms with van der Waals surface area (Å²) in [5.41, 5.74) is 1.80. The van der Waals surface area contributed by atoms with Crippen molar-refractivity contribution < 1.29 is 14.3 Å². The third-order valence-corrected chi connectivity index (χ3v) is 4.56. The molecule has 1 unspecified atom stereocenters. The summed E-state index contributed by atoms with van der Waals surface area (Å²) in [5, 5.41) is 3.19. The smallest absolute Gasteiger partial charge is 0.253 e. The van der Waals surface area contributed by atoms with Gasteiger partial charge in [-0.3, -0.25) is 9.59 Å². The van der Waals surface area contributed by atoms with Gasteiger partial charge < -0.3 is 19.9 Å². The van der Waals surface area contributed by atoms with E-state index in [4.69, 9.17) is 4.74 Å². The Bertz CT molecular complexity index is 605. The summed E-state index contributed by atoms with van der Waals surface area (Å²) >= 11 is 0. The number of hydrogen-bond donors (Lipinski definition) is 1. The van der Waals surface area contributed by atoms with Gasteiger partial charge in [0.25, 0.3) is 11.8 Å². The summed E-state index contributed by atoms with van der Waals surface area (Å²) in [7, 11) is 0. The Morgan fingerprint density at radius 3 is 2.64 bits per heavy atom. The lowest BCUT2D eigenvalue weighted by atomic mass is 10.1. The molecule has 2 fully saturated rings. The molecule has 1 N–H and O–H groups in total. The van der Waals surface area contributed by atoms with E-state index in [1.807, 2.05) is 41.0 Å². The van der Waals surface area contributed by atoms with Gasteiger partial charge in [-0.2, -0.15) is 0 Å². The first-order valence-corrected chi connectivity index (χ1v) is 8.62. The standard InChI is InChI=1S/C18H25N3O3.ClH/c1-14-4-2-5-15(12-14)17(22)20-7-3-8-21(10-9-20)18(23)16-13-19-6-11-24-16;/h2,4-5,12,16,19H,3,6-11,13H2,1H3;1H. The molecule has 2 heterocycles. The summed E-state index contributed by atoms with van der Waals surface area (Å²) in [6, 6.07) is 7.66. The molecule has 2 saturated heterocycles. The van der Waals surface area contributed by atoms with E-state index in [1.165, 1.54) is 0 Å². The quantitative estimate of drug-likeness (QED) is 0.849. The van der Waals surface area contributed by atoms with Gasteiger partial charge in [-0.15, -0.1) is 12.4 Å². The molecule has 138 valence electrons. The number of amides is 2. The van der Waals surface area contributed by atoms with Crippen molar-refractivity contribution in [3.05, 3.63) is 35.4 Å². The second-order valence-electron chi connectivity index (χ2n) is 6.40. The molecule has 0 aliphatic carbocycles. The normalized spacial score (nSPS) is 21.2. The number of nitrogens with zero attached hydrogens (tertiary/aromatic N) is 2. The van der Waals surface area contributed by atoms with E-state index < -0.39 is 6.10 Å². The number of aryl methyl sites for hydroxylation is 1. The van der Waals surface area contributed by atoms with E-state index >= 15 is 0 Å². The number of carbonyl (C=O) groups is 2. The first-order chi connectivity index (χ1) is 11.6. The summed E-state index contributed by atoms with van der Waals surface area (Å²) in [6.07, 6.45) is 0.404. The summed E-state index contributed by atoms with van der Waals surface area (Å²) in [6.45, 7) is 6.41. The zero-order valence-electron chi connectivity index (χ0n) is 14.6. The molecule has 0 saturated carbocycles. The molecule has 1 aromatic rings. The average Bonchev–Trinajstić information content (AvgIpc) is 2.87. The van der Waals surface area contributed by atoms with Crippen LogP contribution in [0.4, 0.5) is 0 Å². The van der Waals surface area contributed by atoms with E-state index in [1.54, 1.807) is 0 Å². The maximum absolute atomic E-state index is 12.7. The highest BCUT2D eigenvalue weighted by atomic mass is 35.5. The maximum Gasteiger partial charge on any atom is 0.253 e. The molecule has 0 aromatic heterocycles. The SMILES string of the molecule is Cc1cccc(C(=O)N2CCCN(C(=O)C3CNCCO3)CC2)c1.Cl. The molecule has 25 heavy (non-hydrogen) atoms. The van der Waals surface area contributed by atoms with Gasteiger partial charge in [0.05, 0.1) is 6.61 Å². The molecule has 1 atom stereocenters. The Kier molecular flexibility index (Phi) is 7.23. The lowest BCUT2D eigenvalue weighted by Gasteiger charge is -2.29. The van der Waals surface area contributed by atoms with Crippen LogP contribution in [0.5, 0.6) is 0 Å². The van der Waals surface area contributed by atoms with Gasteiger partial charge in [-0.25, -0.2) is 0 Å². The third-order valence-electron chi connectivity index (χ3n) is 4.56. The number of nitrogens with one attached hydrogen (secondary N) is 1. The van der Waals surface area contributed by atoms with Gasteiger partial charge >= 0.3 is 0 Å². The number of carbonyl (C=O) groups excluding carboxylic acids is 2. The second-order valence-corrected chi connectivity index (χ2v) is 6.40. The van der Waals surface area contributed by atoms with Gasteiger partial charge in [-0.05, 0) is 25.5 Å². The topological polar surface area (TPSA) is 61.9 Å². The molecular weight excluding hydrogens is 342 g/mol. The fourth-order valence-corrected chi connectivity index (χ4v) is 3.23. The molecule has 2 amide bonds. The summed E-state index contributed by atoms with van der Waals surface area (Å²) in [4.78, 5) is 28.9. The molecule has 3 rings (SSSR count). The number of hydrogen-bond acceptors (Lipinski definition) is 4. The van der Waals surface area contributed by atoms with Crippen molar-refractivity contribution in [2.45, 2.75) is 19.4 Å². The lowest BCUT2D eigenvalue weighted by Crippen LogP contribution is -2.50. The monoisotopic (exact) mass is 367 g/mol. The Morgan fingerprint density at radius 1 is 1.16 bits per heavy atom. The molecule has 0 bridgehead atoms. The average molecular weight is 368 g/mol.